The summed E-state index contributed by atoms with van der Waals surface area (Å²) in [6.45, 7) is 1.77. The smallest absolute Gasteiger partial charge is 0.262 e. The molecule has 0 radical (unpaired) electrons. The molecule has 0 heterocycles. The molecule has 6 heteroatoms. The summed E-state index contributed by atoms with van der Waals surface area (Å²) in [4.78, 5) is 11.9. The van der Waals surface area contributed by atoms with Crippen molar-refractivity contribution in [1.82, 2.24) is 5.43 Å². The van der Waals surface area contributed by atoms with E-state index in [-0.39, 0.29) is 5.91 Å². The fourth-order valence-electron chi connectivity index (χ4n) is 1.68. The van der Waals surface area contributed by atoms with Crippen LogP contribution in [0, 0.1) is 0 Å². The number of nitrogens with zero attached hydrogens (tertiary/aromatic N) is 1. The summed E-state index contributed by atoms with van der Waals surface area (Å²) in [5.74, 6) is -0.215. The number of hydrogen-bond donors (Lipinski definition) is 2. The Morgan fingerprint density at radius 3 is 2.45 bits per heavy atom. The number of rotatable bonds is 5. The molecule has 22 heavy (non-hydrogen) atoms. The van der Waals surface area contributed by atoms with Crippen LogP contribution in [-0.2, 0) is 4.79 Å². The van der Waals surface area contributed by atoms with Gasteiger partial charge in [-0.05, 0) is 48.9 Å². The van der Waals surface area contributed by atoms with Crippen molar-refractivity contribution in [3.8, 4) is 0 Å². The van der Waals surface area contributed by atoms with E-state index in [9.17, 15) is 4.79 Å². The Hall–Kier alpha value is -1.85. The van der Waals surface area contributed by atoms with E-state index in [1.165, 1.54) is 0 Å². The van der Waals surface area contributed by atoms with E-state index in [4.69, 9.17) is 11.6 Å². The van der Waals surface area contributed by atoms with Gasteiger partial charge in [0.2, 0.25) is 0 Å². The summed E-state index contributed by atoms with van der Waals surface area (Å²) in [5, 5.41) is 7.69. The number of anilines is 1. The van der Waals surface area contributed by atoms with Gasteiger partial charge in [-0.1, -0.05) is 39.7 Å². The van der Waals surface area contributed by atoms with E-state index in [0.29, 0.717) is 5.02 Å². The zero-order valence-corrected chi connectivity index (χ0v) is 14.2. The number of hydrazone groups is 1. The molecule has 0 aromatic heterocycles. The van der Waals surface area contributed by atoms with Crippen LogP contribution in [-0.4, -0.2) is 18.2 Å². The summed E-state index contributed by atoms with van der Waals surface area (Å²) in [6.07, 6.45) is 1.57. The van der Waals surface area contributed by atoms with Crippen molar-refractivity contribution in [1.29, 1.82) is 0 Å². The van der Waals surface area contributed by atoms with Crippen LogP contribution in [0.5, 0.6) is 0 Å². The normalized spacial score (nSPS) is 12.1. The van der Waals surface area contributed by atoms with Crippen molar-refractivity contribution < 1.29 is 4.79 Å². The molecule has 0 saturated heterocycles. The fourth-order valence-corrected chi connectivity index (χ4v) is 2.07. The molecule has 114 valence electrons. The minimum Gasteiger partial charge on any atom is -0.374 e. The Morgan fingerprint density at radius 1 is 1.18 bits per heavy atom. The maximum absolute atomic E-state index is 11.9. The minimum absolute atomic E-state index is 0.215. The van der Waals surface area contributed by atoms with Gasteiger partial charge in [0.25, 0.3) is 5.91 Å². The lowest BCUT2D eigenvalue weighted by molar-refractivity contribution is -0.121. The highest BCUT2D eigenvalue weighted by molar-refractivity contribution is 9.10. The third-order valence-electron chi connectivity index (χ3n) is 2.88. The molecule has 0 spiro atoms. The molecule has 1 amide bonds. The zero-order chi connectivity index (χ0) is 15.9. The number of carbonyl (C=O) groups is 1. The number of carbonyl (C=O) groups excluding carboxylic acids is 1. The summed E-state index contributed by atoms with van der Waals surface area (Å²) < 4.78 is 0.989. The van der Waals surface area contributed by atoms with Crippen molar-refractivity contribution >= 4 is 45.3 Å². The van der Waals surface area contributed by atoms with Crippen LogP contribution in [0.25, 0.3) is 0 Å². The Labute approximate surface area is 142 Å². The Kier molecular flexibility index (Phi) is 5.98. The molecule has 1 unspecified atom stereocenters. The predicted molar refractivity (Wildman–Crippen MR) is 94.4 cm³/mol. The lowest BCUT2D eigenvalue weighted by Gasteiger charge is -2.13. The van der Waals surface area contributed by atoms with E-state index in [2.05, 4.69) is 31.8 Å². The topological polar surface area (TPSA) is 53.5 Å². The fraction of sp³-hybridized carbons (Fsp3) is 0.125. The van der Waals surface area contributed by atoms with E-state index >= 15 is 0 Å². The van der Waals surface area contributed by atoms with Crippen LogP contribution in [0.3, 0.4) is 0 Å². The van der Waals surface area contributed by atoms with Gasteiger partial charge >= 0.3 is 0 Å². The number of halogens is 2. The summed E-state index contributed by atoms with van der Waals surface area (Å²) in [5.41, 5.74) is 4.23. The van der Waals surface area contributed by atoms with Crippen molar-refractivity contribution in [2.24, 2.45) is 5.10 Å². The maximum Gasteiger partial charge on any atom is 0.262 e. The lowest BCUT2D eigenvalue weighted by Crippen LogP contribution is -2.34. The Balaban J connectivity index is 1.85. The highest BCUT2D eigenvalue weighted by Crippen LogP contribution is 2.14. The average Bonchev–Trinajstić information content (AvgIpc) is 2.51. The molecule has 0 aliphatic heterocycles. The highest BCUT2D eigenvalue weighted by Gasteiger charge is 2.11. The molecule has 1 atom stereocenters. The van der Waals surface area contributed by atoms with Crippen LogP contribution in [0.2, 0.25) is 5.02 Å². The Morgan fingerprint density at radius 2 is 1.82 bits per heavy atom. The largest absolute Gasteiger partial charge is 0.374 e. The van der Waals surface area contributed by atoms with Crippen LogP contribution in [0.4, 0.5) is 5.69 Å². The molecule has 0 aliphatic carbocycles. The first-order chi connectivity index (χ1) is 10.5. The van der Waals surface area contributed by atoms with Gasteiger partial charge in [0, 0.05) is 15.2 Å². The van der Waals surface area contributed by atoms with Crippen LogP contribution < -0.4 is 10.7 Å². The molecule has 2 rings (SSSR count). The minimum atomic E-state index is -0.399. The maximum atomic E-state index is 11.9. The van der Waals surface area contributed by atoms with Crippen molar-refractivity contribution in [2.75, 3.05) is 5.32 Å². The van der Waals surface area contributed by atoms with Gasteiger partial charge in [0.15, 0.2) is 0 Å². The van der Waals surface area contributed by atoms with Crippen molar-refractivity contribution in [2.45, 2.75) is 13.0 Å². The molecular formula is C16H15BrClN3O. The third-order valence-corrected chi connectivity index (χ3v) is 3.66. The predicted octanol–water partition coefficient (Wildman–Crippen LogP) is 4.05. The van der Waals surface area contributed by atoms with Crippen LogP contribution >= 0.6 is 27.5 Å². The van der Waals surface area contributed by atoms with Gasteiger partial charge < -0.3 is 5.32 Å². The van der Waals surface area contributed by atoms with Gasteiger partial charge in [0.05, 0.1) is 6.21 Å². The van der Waals surface area contributed by atoms with E-state index in [1.807, 2.05) is 36.4 Å². The average molecular weight is 381 g/mol. The van der Waals surface area contributed by atoms with Gasteiger partial charge in [-0.15, -0.1) is 0 Å². The van der Waals surface area contributed by atoms with Gasteiger partial charge in [0.1, 0.15) is 6.04 Å². The molecule has 2 aromatic rings. The molecule has 0 fully saturated rings. The second-order valence-corrected chi connectivity index (χ2v) is 6.01. The van der Waals surface area contributed by atoms with E-state index < -0.39 is 6.04 Å². The second kappa shape index (κ2) is 7.96. The van der Waals surface area contributed by atoms with Crippen LogP contribution in [0.1, 0.15) is 12.5 Å². The molecule has 0 aliphatic rings. The monoisotopic (exact) mass is 379 g/mol. The number of nitrogens with one attached hydrogen (secondary N) is 2. The number of amides is 1. The molecule has 0 bridgehead atoms. The summed E-state index contributed by atoms with van der Waals surface area (Å²) >= 11 is 9.17. The first kappa shape index (κ1) is 16.5. The van der Waals surface area contributed by atoms with Crippen molar-refractivity contribution in [3.63, 3.8) is 0 Å². The van der Waals surface area contributed by atoms with Gasteiger partial charge in [-0.25, -0.2) is 5.43 Å². The second-order valence-electron chi connectivity index (χ2n) is 4.66. The quantitative estimate of drug-likeness (QED) is 0.607. The molecule has 0 saturated carbocycles. The third kappa shape index (κ3) is 5.16. The Bertz CT molecular complexity index is 656. The van der Waals surface area contributed by atoms with Crippen molar-refractivity contribution in [3.05, 3.63) is 63.6 Å². The molecule has 2 aromatic carbocycles. The zero-order valence-electron chi connectivity index (χ0n) is 11.9. The molecule has 4 nitrogen and oxygen atoms in total. The number of benzene rings is 2. The first-order valence-corrected chi connectivity index (χ1v) is 7.82. The summed E-state index contributed by atoms with van der Waals surface area (Å²) in [6, 6.07) is 14.4. The summed E-state index contributed by atoms with van der Waals surface area (Å²) in [7, 11) is 0. The number of hydrogen-bond acceptors (Lipinski definition) is 3. The first-order valence-electron chi connectivity index (χ1n) is 6.65. The van der Waals surface area contributed by atoms with Crippen LogP contribution in [0.15, 0.2) is 58.1 Å². The molecule has 2 N–H and O–H groups in total. The van der Waals surface area contributed by atoms with Gasteiger partial charge in [-0.3, -0.25) is 4.79 Å². The lowest BCUT2D eigenvalue weighted by atomic mass is 10.2. The highest BCUT2D eigenvalue weighted by atomic mass is 79.9. The van der Waals surface area contributed by atoms with E-state index in [1.54, 1.807) is 25.3 Å². The van der Waals surface area contributed by atoms with E-state index in [0.717, 1.165) is 15.7 Å². The molecular weight excluding hydrogens is 366 g/mol. The van der Waals surface area contributed by atoms with Gasteiger partial charge in [-0.2, -0.15) is 5.10 Å². The standard InChI is InChI=1S/C16H15BrClN3O/c1-11(20-15-8-4-13(17)5-9-15)16(22)21-19-10-12-2-6-14(18)7-3-12/h2-11,20H,1H3,(H,21,22). The SMILES string of the molecule is CC(Nc1ccc(Br)cc1)C(=O)NN=Cc1ccc(Cl)cc1.